The second kappa shape index (κ2) is 8.34. The molecule has 2 rings (SSSR count). The van der Waals surface area contributed by atoms with Crippen molar-refractivity contribution in [1.29, 1.82) is 0 Å². The fourth-order valence-corrected chi connectivity index (χ4v) is 2.89. The van der Waals surface area contributed by atoms with Crippen molar-refractivity contribution in [2.45, 2.75) is 12.5 Å². The third-order valence-electron chi connectivity index (χ3n) is 3.39. The van der Waals surface area contributed by atoms with Crippen LogP contribution in [0.2, 0.25) is 5.02 Å². The maximum atomic E-state index is 6.21. The fourth-order valence-electron chi connectivity index (χ4n) is 2.34. The number of aliphatic imine (C=N–C) groups is 1. The Morgan fingerprint density at radius 2 is 2.48 bits per heavy atom. The molecule has 0 aromatic carbocycles. The van der Waals surface area contributed by atoms with Crippen molar-refractivity contribution in [1.82, 2.24) is 15.6 Å². The second-order valence-electron chi connectivity index (χ2n) is 4.88. The molecule has 2 N–H and O–H groups in total. The maximum absolute atomic E-state index is 6.21. The molecule has 1 unspecified atom stereocenters. The van der Waals surface area contributed by atoms with Crippen molar-refractivity contribution in [3.63, 3.8) is 0 Å². The van der Waals surface area contributed by atoms with Gasteiger partial charge in [-0.3, -0.25) is 4.99 Å². The van der Waals surface area contributed by atoms with Crippen LogP contribution in [0.15, 0.2) is 23.3 Å². The van der Waals surface area contributed by atoms with Crippen LogP contribution in [-0.2, 0) is 0 Å². The number of anilines is 1. The third kappa shape index (κ3) is 4.68. The summed E-state index contributed by atoms with van der Waals surface area (Å²) in [7, 11) is 1.80. The molecule has 7 heteroatoms. The quantitative estimate of drug-likeness (QED) is 0.491. The van der Waals surface area contributed by atoms with Gasteiger partial charge in [0.25, 0.3) is 0 Å². The molecular formula is C14H22ClN5S. The second-order valence-corrected chi connectivity index (χ2v) is 6.27. The molecule has 0 radical (unpaired) electrons. The van der Waals surface area contributed by atoms with Crippen molar-refractivity contribution in [3.05, 3.63) is 23.4 Å². The summed E-state index contributed by atoms with van der Waals surface area (Å²) in [6, 6.07) is 4.10. The summed E-state index contributed by atoms with van der Waals surface area (Å²) in [6.07, 6.45) is 4.93. The average Bonchev–Trinajstić information content (AvgIpc) is 2.95. The summed E-state index contributed by atoms with van der Waals surface area (Å²) in [4.78, 5) is 10.9. The largest absolute Gasteiger partial charge is 0.356 e. The third-order valence-corrected chi connectivity index (χ3v) is 4.30. The SMILES string of the molecule is CN=C(NCCSC)NC1CCN(c2ncccc2Cl)C1. The monoisotopic (exact) mass is 327 g/mol. The highest BCUT2D eigenvalue weighted by Crippen LogP contribution is 2.25. The number of thioether (sulfide) groups is 1. The lowest BCUT2D eigenvalue weighted by molar-refractivity contribution is 0.652. The molecule has 1 atom stereocenters. The van der Waals surface area contributed by atoms with E-state index in [1.54, 1.807) is 13.2 Å². The van der Waals surface area contributed by atoms with Gasteiger partial charge in [-0.25, -0.2) is 4.98 Å². The minimum Gasteiger partial charge on any atom is -0.356 e. The first-order valence-corrected chi connectivity index (χ1v) is 8.83. The van der Waals surface area contributed by atoms with E-state index in [4.69, 9.17) is 11.6 Å². The van der Waals surface area contributed by atoms with Gasteiger partial charge in [-0.15, -0.1) is 0 Å². The van der Waals surface area contributed by atoms with E-state index in [1.165, 1.54) is 0 Å². The van der Waals surface area contributed by atoms with Crippen molar-refractivity contribution >= 4 is 35.1 Å². The number of hydrogen-bond acceptors (Lipinski definition) is 4. The molecule has 1 saturated heterocycles. The standard InChI is InChI=1S/C14H22ClN5S/c1-16-14(18-7-9-21-2)19-11-5-8-20(10-11)13-12(15)4-3-6-17-13/h3-4,6,11H,5,7-10H2,1-2H3,(H2,16,18,19). The number of halogens is 1. The first-order chi connectivity index (χ1) is 10.2. The highest BCUT2D eigenvalue weighted by molar-refractivity contribution is 7.98. The molecule has 0 saturated carbocycles. The fraction of sp³-hybridized carbons (Fsp3) is 0.571. The van der Waals surface area contributed by atoms with Crippen molar-refractivity contribution in [2.75, 3.05) is 43.6 Å². The van der Waals surface area contributed by atoms with Gasteiger partial charge in [0.05, 0.1) is 5.02 Å². The molecule has 0 amide bonds. The summed E-state index contributed by atoms with van der Waals surface area (Å²) in [5, 5.41) is 7.49. The van der Waals surface area contributed by atoms with E-state index >= 15 is 0 Å². The number of pyridine rings is 1. The van der Waals surface area contributed by atoms with Crippen LogP contribution < -0.4 is 15.5 Å². The van der Waals surface area contributed by atoms with Crippen LogP contribution in [-0.4, -0.2) is 55.7 Å². The Morgan fingerprint density at radius 3 is 3.19 bits per heavy atom. The van der Waals surface area contributed by atoms with E-state index in [9.17, 15) is 0 Å². The van der Waals surface area contributed by atoms with Crippen LogP contribution >= 0.6 is 23.4 Å². The number of aromatic nitrogens is 1. The van der Waals surface area contributed by atoms with E-state index in [-0.39, 0.29) is 0 Å². The lowest BCUT2D eigenvalue weighted by Gasteiger charge is -2.20. The van der Waals surface area contributed by atoms with Gasteiger partial charge < -0.3 is 15.5 Å². The molecule has 0 spiro atoms. The molecule has 1 fully saturated rings. The number of guanidine groups is 1. The Hall–Kier alpha value is -1.14. The molecule has 1 aliphatic heterocycles. The normalized spacial score (nSPS) is 18.9. The summed E-state index contributed by atoms with van der Waals surface area (Å²) in [5.74, 6) is 2.80. The maximum Gasteiger partial charge on any atom is 0.191 e. The molecule has 1 aromatic rings. The van der Waals surface area contributed by atoms with Crippen molar-refractivity contribution in [3.8, 4) is 0 Å². The molecule has 2 heterocycles. The molecule has 0 aliphatic carbocycles. The van der Waals surface area contributed by atoms with Gasteiger partial charge in [-0.1, -0.05) is 11.6 Å². The molecule has 21 heavy (non-hydrogen) atoms. The van der Waals surface area contributed by atoms with Crippen LogP contribution in [0.3, 0.4) is 0 Å². The zero-order chi connectivity index (χ0) is 15.1. The lowest BCUT2D eigenvalue weighted by atomic mass is 10.3. The highest BCUT2D eigenvalue weighted by atomic mass is 35.5. The minimum atomic E-state index is 0.364. The van der Waals surface area contributed by atoms with Gasteiger partial charge in [0.15, 0.2) is 5.96 Å². The Labute approximate surface area is 135 Å². The summed E-state index contributed by atoms with van der Waals surface area (Å²) < 4.78 is 0. The number of nitrogens with one attached hydrogen (secondary N) is 2. The first-order valence-electron chi connectivity index (χ1n) is 7.06. The predicted octanol–water partition coefficient (Wildman–Crippen LogP) is 1.84. The summed E-state index contributed by atoms with van der Waals surface area (Å²) in [6.45, 7) is 2.76. The number of rotatable bonds is 5. The van der Waals surface area contributed by atoms with E-state index in [0.717, 1.165) is 43.6 Å². The van der Waals surface area contributed by atoms with Crippen molar-refractivity contribution < 1.29 is 0 Å². The molecule has 1 aromatic heterocycles. The van der Waals surface area contributed by atoms with Gasteiger partial charge in [-0.2, -0.15) is 11.8 Å². The van der Waals surface area contributed by atoms with E-state index in [0.29, 0.717) is 11.1 Å². The zero-order valence-corrected chi connectivity index (χ0v) is 14.0. The van der Waals surface area contributed by atoms with Crippen LogP contribution in [0, 0.1) is 0 Å². The van der Waals surface area contributed by atoms with Crippen molar-refractivity contribution in [2.24, 2.45) is 4.99 Å². The highest BCUT2D eigenvalue weighted by Gasteiger charge is 2.25. The Bertz CT molecular complexity index is 482. The van der Waals surface area contributed by atoms with Crippen LogP contribution in [0.25, 0.3) is 0 Å². The topological polar surface area (TPSA) is 52.6 Å². The molecular weight excluding hydrogens is 306 g/mol. The van der Waals surface area contributed by atoms with Gasteiger partial charge in [0.1, 0.15) is 5.82 Å². The molecule has 5 nitrogen and oxygen atoms in total. The smallest absolute Gasteiger partial charge is 0.191 e. The van der Waals surface area contributed by atoms with Gasteiger partial charge in [0.2, 0.25) is 0 Å². The molecule has 0 bridgehead atoms. The summed E-state index contributed by atoms with van der Waals surface area (Å²) >= 11 is 8.03. The first kappa shape index (κ1) is 16.2. The van der Waals surface area contributed by atoms with E-state index in [1.807, 2.05) is 23.9 Å². The van der Waals surface area contributed by atoms with Crippen LogP contribution in [0.1, 0.15) is 6.42 Å². The van der Waals surface area contributed by atoms with Gasteiger partial charge in [0, 0.05) is 44.7 Å². The number of nitrogens with zero attached hydrogens (tertiary/aromatic N) is 3. The van der Waals surface area contributed by atoms with Crippen LogP contribution in [0.5, 0.6) is 0 Å². The minimum absolute atomic E-state index is 0.364. The predicted molar refractivity (Wildman–Crippen MR) is 92.7 cm³/mol. The van der Waals surface area contributed by atoms with Gasteiger partial charge >= 0.3 is 0 Å². The van der Waals surface area contributed by atoms with Gasteiger partial charge in [-0.05, 0) is 24.8 Å². The van der Waals surface area contributed by atoms with E-state index in [2.05, 4.69) is 31.8 Å². The van der Waals surface area contributed by atoms with Crippen LogP contribution in [0.4, 0.5) is 5.82 Å². The Kier molecular flexibility index (Phi) is 6.45. The molecule has 116 valence electrons. The number of hydrogen-bond donors (Lipinski definition) is 2. The molecule has 1 aliphatic rings. The lowest BCUT2D eigenvalue weighted by Crippen LogP contribution is -2.45. The Balaban J connectivity index is 1.86. The Morgan fingerprint density at radius 1 is 1.62 bits per heavy atom. The van der Waals surface area contributed by atoms with E-state index < -0.39 is 0 Å². The summed E-state index contributed by atoms with van der Waals surface area (Å²) in [5.41, 5.74) is 0. The average molecular weight is 328 g/mol. The zero-order valence-electron chi connectivity index (χ0n) is 12.5.